The van der Waals surface area contributed by atoms with Crippen LogP contribution >= 0.6 is 0 Å². The third-order valence-electron chi connectivity index (χ3n) is 4.74. The molecule has 1 amide bonds. The van der Waals surface area contributed by atoms with Crippen molar-refractivity contribution in [3.8, 4) is 0 Å². The van der Waals surface area contributed by atoms with Gasteiger partial charge in [-0.2, -0.15) is 0 Å². The molecule has 0 radical (unpaired) electrons. The Hall–Kier alpha value is -3.68. The number of amides is 1. The average Bonchev–Trinajstić information content (AvgIpc) is 3.26. The van der Waals surface area contributed by atoms with E-state index in [-0.39, 0.29) is 18.9 Å². The lowest BCUT2D eigenvalue weighted by atomic mass is 10.1. The van der Waals surface area contributed by atoms with Gasteiger partial charge in [0.25, 0.3) is 0 Å². The second kappa shape index (κ2) is 7.75. The fourth-order valence-electron chi connectivity index (χ4n) is 3.31. The Kier molecular flexibility index (Phi) is 4.99. The number of fused-ring (bicyclic) bond motifs is 1. The van der Waals surface area contributed by atoms with Gasteiger partial charge in [0.05, 0.1) is 5.52 Å². The summed E-state index contributed by atoms with van der Waals surface area (Å²) < 4.78 is 22.1. The number of para-hydroxylation sites is 2. The van der Waals surface area contributed by atoms with Crippen LogP contribution < -0.4 is 11.1 Å². The number of aryl methyl sites for hydroxylation is 2. The molecule has 8 heteroatoms. The molecule has 2 aromatic heterocycles. The smallest absolute Gasteiger partial charge is 0.408 e. The second-order valence-corrected chi connectivity index (χ2v) is 6.69. The van der Waals surface area contributed by atoms with Gasteiger partial charge in [-0.25, -0.2) is 14.2 Å². The first kappa shape index (κ1) is 18.7. The molecule has 0 saturated heterocycles. The van der Waals surface area contributed by atoms with Crippen LogP contribution in [0.5, 0.6) is 0 Å². The second-order valence-electron chi connectivity index (χ2n) is 6.69. The molecular weight excluding hydrogens is 375 g/mol. The van der Waals surface area contributed by atoms with Crippen LogP contribution in [0.3, 0.4) is 0 Å². The maximum absolute atomic E-state index is 13.7. The summed E-state index contributed by atoms with van der Waals surface area (Å²) in [5.41, 5.74) is 1.69. The maximum Gasteiger partial charge on any atom is 0.419 e. The normalized spacial score (nSPS) is 12.2. The van der Waals surface area contributed by atoms with E-state index >= 15 is 0 Å². The van der Waals surface area contributed by atoms with E-state index in [0.29, 0.717) is 22.5 Å². The highest BCUT2D eigenvalue weighted by molar-refractivity contribution is 5.77. The number of carbonyl (C=O) groups excluding carboxylic acids is 1. The van der Waals surface area contributed by atoms with Crippen molar-refractivity contribution >= 4 is 17.0 Å². The highest BCUT2D eigenvalue weighted by Crippen LogP contribution is 2.21. The number of hydrogen-bond acceptors (Lipinski definition) is 4. The predicted molar refractivity (Wildman–Crippen MR) is 105 cm³/mol. The van der Waals surface area contributed by atoms with Gasteiger partial charge in [-0.15, -0.1) is 0 Å². The Morgan fingerprint density at radius 2 is 2.07 bits per heavy atom. The quantitative estimate of drug-likeness (QED) is 0.545. The van der Waals surface area contributed by atoms with E-state index in [2.05, 4.69) is 10.3 Å². The number of carbonyl (C=O) groups is 1. The summed E-state index contributed by atoms with van der Waals surface area (Å²) in [5.74, 6) is -0.619. The molecule has 0 aliphatic heterocycles. The molecular formula is C21H19FN4O3. The molecule has 148 valence electrons. The number of oxazole rings is 1. The lowest BCUT2D eigenvalue weighted by molar-refractivity contribution is -0.121. The van der Waals surface area contributed by atoms with Crippen LogP contribution in [0.4, 0.5) is 4.39 Å². The molecule has 4 rings (SSSR count). The van der Waals surface area contributed by atoms with Gasteiger partial charge in [-0.3, -0.25) is 9.36 Å². The summed E-state index contributed by atoms with van der Waals surface area (Å²) in [6, 6.07) is 12.5. The van der Waals surface area contributed by atoms with Crippen LogP contribution in [0.15, 0.2) is 70.1 Å². The summed E-state index contributed by atoms with van der Waals surface area (Å²) in [5, 5.41) is 2.90. The number of hydrogen-bond donors (Lipinski definition) is 1. The van der Waals surface area contributed by atoms with E-state index in [1.807, 2.05) is 0 Å². The number of nitrogens with zero attached hydrogens (tertiary/aromatic N) is 3. The Morgan fingerprint density at radius 1 is 1.24 bits per heavy atom. The number of nitrogens with one attached hydrogen (secondary N) is 1. The zero-order valence-corrected chi connectivity index (χ0v) is 15.7. The molecule has 0 aliphatic carbocycles. The molecule has 0 unspecified atom stereocenters. The Balaban J connectivity index is 1.55. The van der Waals surface area contributed by atoms with Gasteiger partial charge >= 0.3 is 5.76 Å². The fraction of sp³-hybridized carbons (Fsp3) is 0.190. The summed E-state index contributed by atoms with van der Waals surface area (Å²) in [7, 11) is 1.80. The molecule has 0 spiro atoms. The molecule has 0 saturated carbocycles. The third kappa shape index (κ3) is 3.82. The van der Waals surface area contributed by atoms with E-state index in [1.165, 1.54) is 16.7 Å². The molecule has 4 aromatic rings. The predicted octanol–water partition coefficient (Wildman–Crippen LogP) is 2.76. The van der Waals surface area contributed by atoms with Gasteiger partial charge in [0, 0.05) is 32.4 Å². The van der Waals surface area contributed by atoms with Crippen molar-refractivity contribution in [1.29, 1.82) is 0 Å². The lowest BCUT2D eigenvalue weighted by Crippen LogP contribution is -2.32. The molecule has 0 fully saturated rings. The number of aromatic nitrogens is 3. The zero-order valence-electron chi connectivity index (χ0n) is 15.7. The van der Waals surface area contributed by atoms with Crippen LogP contribution in [0.1, 0.15) is 23.9 Å². The van der Waals surface area contributed by atoms with E-state index in [0.717, 1.165) is 0 Å². The van der Waals surface area contributed by atoms with Crippen LogP contribution in [0, 0.1) is 5.82 Å². The topological polar surface area (TPSA) is 82.1 Å². The van der Waals surface area contributed by atoms with Crippen molar-refractivity contribution in [1.82, 2.24) is 19.4 Å². The van der Waals surface area contributed by atoms with Crippen molar-refractivity contribution < 1.29 is 13.6 Å². The van der Waals surface area contributed by atoms with E-state index in [4.69, 9.17) is 4.42 Å². The summed E-state index contributed by atoms with van der Waals surface area (Å²) in [4.78, 5) is 29.0. The Morgan fingerprint density at radius 3 is 2.83 bits per heavy atom. The van der Waals surface area contributed by atoms with E-state index in [9.17, 15) is 14.0 Å². The van der Waals surface area contributed by atoms with Gasteiger partial charge in [0.15, 0.2) is 5.58 Å². The Labute approximate surface area is 165 Å². The Bertz CT molecular complexity index is 1220. The van der Waals surface area contributed by atoms with Crippen molar-refractivity contribution in [3.05, 3.63) is 88.7 Å². The summed E-state index contributed by atoms with van der Waals surface area (Å²) in [6.07, 6.45) is 3.43. The molecule has 2 heterocycles. The number of benzene rings is 2. The van der Waals surface area contributed by atoms with E-state index in [1.54, 1.807) is 60.4 Å². The molecule has 0 aliphatic rings. The first-order valence-electron chi connectivity index (χ1n) is 9.13. The third-order valence-corrected chi connectivity index (χ3v) is 4.74. The lowest BCUT2D eigenvalue weighted by Gasteiger charge is -2.19. The largest absolute Gasteiger partial charge is 0.419 e. The molecule has 7 nitrogen and oxygen atoms in total. The highest BCUT2D eigenvalue weighted by atomic mass is 19.1. The summed E-state index contributed by atoms with van der Waals surface area (Å²) >= 11 is 0. The van der Waals surface area contributed by atoms with Crippen LogP contribution in [0.25, 0.3) is 11.1 Å². The molecule has 1 N–H and O–H groups in total. The van der Waals surface area contributed by atoms with Crippen LogP contribution in [0.2, 0.25) is 0 Å². The minimum atomic E-state index is -0.615. The zero-order chi connectivity index (χ0) is 20.4. The van der Waals surface area contributed by atoms with Crippen molar-refractivity contribution in [2.24, 2.45) is 7.05 Å². The number of rotatable bonds is 6. The molecule has 0 bridgehead atoms. The van der Waals surface area contributed by atoms with Crippen molar-refractivity contribution in [2.45, 2.75) is 19.0 Å². The molecule has 1 atom stereocenters. The van der Waals surface area contributed by atoms with Crippen molar-refractivity contribution in [3.63, 3.8) is 0 Å². The van der Waals surface area contributed by atoms with Gasteiger partial charge in [0.2, 0.25) is 5.91 Å². The molecule has 2 aromatic carbocycles. The fourth-order valence-corrected chi connectivity index (χ4v) is 3.31. The van der Waals surface area contributed by atoms with Gasteiger partial charge in [0.1, 0.15) is 17.7 Å². The maximum atomic E-state index is 13.7. The molecule has 29 heavy (non-hydrogen) atoms. The highest BCUT2D eigenvalue weighted by Gasteiger charge is 2.21. The number of imidazole rings is 1. The minimum Gasteiger partial charge on any atom is -0.408 e. The van der Waals surface area contributed by atoms with E-state index < -0.39 is 17.6 Å². The van der Waals surface area contributed by atoms with Crippen molar-refractivity contribution in [2.75, 3.05) is 0 Å². The van der Waals surface area contributed by atoms with Crippen LogP contribution in [-0.2, 0) is 18.4 Å². The first-order valence-corrected chi connectivity index (χ1v) is 9.13. The summed E-state index contributed by atoms with van der Waals surface area (Å²) in [6.45, 7) is 0.165. The minimum absolute atomic E-state index is 0.0552. The van der Waals surface area contributed by atoms with Gasteiger partial charge < -0.3 is 14.3 Å². The monoisotopic (exact) mass is 394 g/mol. The van der Waals surface area contributed by atoms with Crippen LogP contribution in [-0.4, -0.2) is 20.0 Å². The SMILES string of the molecule is Cn1ccnc1[C@H](NC(=O)CCn1c(=O)oc2ccccc21)c1cccc(F)c1. The first-order chi connectivity index (χ1) is 14.0. The number of halogens is 1. The average molecular weight is 394 g/mol. The standard InChI is InChI=1S/C21H19FN4O3/c1-25-12-10-23-20(25)19(14-5-4-6-15(22)13-14)24-18(27)9-11-26-16-7-2-3-8-17(16)29-21(26)28/h2-8,10,12-13,19H,9,11H2,1H3,(H,24,27)/t19-/m1/s1. The van der Waals surface area contributed by atoms with Gasteiger partial charge in [-0.1, -0.05) is 24.3 Å². The van der Waals surface area contributed by atoms with Gasteiger partial charge in [-0.05, 0) is 29.8 Å².